The summed E-state index contributed by atoms with van der Waals surface area (Å²) >= 11 is 3.41. The molecule has 0 saturated heterocycles. The number of ether oxygens (including phenoxy) is 1. The highest BCUT2D eigenvalue weighted by atomic mass is 79.9. The summed E-state index contributed by atoms with van der Waals surface area (Å²) in [6.07, 6.45) is 6.22. The van der Waals surface area contributed by atoms with Crippen molar-refractivity contribution in [1.82, 2.24) is 9.38 Å². The Morgan fingerprint density at radius 3 is 2.94 bits per heavy atom. The summed E-state index contributed by atoms with van der Waals surface area (Å²) in [6, 6.07) is 1.87. The van der Waals surface area contributed by atoms with Gasteiger partial charge in [0.1, 0.15) is 0 Å². The van der Waals surface area contributed by atoms with Crippen LogP contribution in [0.25, 0.3) is 5.52 Å². The molecule has 3 rings (SSSR count). The molecule has 1 aliphatic rings. The number of hydrogen-bond donors (Lipinski definition) is 0. The molecule has 0 aromatic carbocycles. The standard InChI is InChI=1S/C12H11BrN2O2/c1-17-12(16)11-10-4-8(13)5-15(10)6-9(14-11)7-2-3-7/h4-7H,2-3H2,1H3. The maximum Gasteiger partial charge on any atom is 0.358 e. The molecule has 0 bridgehead atoms. The summed E-state index contributed by atoms with van der Waals surface area (Å²) in [4.78, 5) is 16.1. The number of carbonyl (C=O) groups excluding carboxylic acids is 1. The predicted molar refractivity (Wildman–Crippen MR) is 66.2 cm³/mol. The molecule has 0 spiro atoms. The number of nitrogens with zero attached hydrogens (tertiary/aromatic N) is 2. The molecule has 0 N–H and O–H groups in total. The van der Waals surface area contributed by atoms with Gasteiger partial charge < -0.3 is 9.14 Å². The van der Waals surface area contributed by atoms with Gasteiger partial charge in [-0.2, -0.15) is 0 Å². The van der Waals surface area contributed by atoms with Crippen LogP contribution in [0.1, 0.15) is 34.9 Å². The van der Waals surface area contributed by atoms with E-state index < -0.39 is 0 Å². The van der Waals surface area contributed by atoms with Crippen molar-refractivity contribution in [3.8, 4) is 0 Å². The maximum atomic E-state index is 11.7. The fourth-order valence-electron chi connectivity index (χ4n) is 1.92. The molecule has 1 aliphatic carbocycles. The Labute approximate surface area is 107 Å². The molecule has 0 atom stereocenters. The zero-order valence-electron chi connectivity index (χ0n) is 9.31. The van der Waals surface area contributed by atoms with E-state index in [0.717, 1.165) is 28.5 Å². The van der Waals surface area contributed by atoms with Gasteiger partial charge in [0.25, 0.3) is 0 Å². The summed E-state index contributed by atoms with van der Waals surface area (Å²) in [6.45, 7) is 0. The third-order valence-electron chi connectivity index (χ3n) is 2.94. The average molecular weight is 295 g/mol. The molecule has 0 amide bonds. The van der Waals surface area contributed by atoms with E-state index in [2.05, 4.69) is 20.9 Å². The smallest absolute Gasteiger partial charge is 0.358 e. The second-order valence-corrected chi connectivity index (χ2v) is 5.15. The van der Waals surface area contributed by atoms with E-state index in [-0.39, 0.29) is 5.97 Å². The van der Waals surface area contributed by atoms with Crippen LogP contribution in [0.15, 0.2) is 22.9 Å². The molecule has 2 aromatic heterocycles. The second kappa shape index (κ2) is 3.84. The number of fused-ring (bicyclic) bond motifs is 1. The van der Waals surface area contributed by atoms with Crippen molar-refractivity contribution >= 4 is 27.4 Å². The number of aromatic nitrogens is 2. The Hall–Kier alpha value is -1.36. The second-order valence-electron chi connectivity index (χ2n) is 4.23. The molecule has 88 valence electrons. The van der Waals surface area contributed by atoms with Crippen LogP contribution >= 0.6 is 15.9 Å². The quantitative estimate of drug-likeness (QED) is 0.800. The summed E-state index contributed by atoms with van der Waals surface area (Å²) in [5.41, 5.74) is 2.14. The van der Waals surface area contributed by atoms with Crippen molar-refractivity contribution < 1.29 is 9.53 Å². The third-order valence-corrected chi connectivity index (χ3v) is 3.38. The van der Waals surface area contributed by atoms with E-state index in [9.17, 15) is 4.79 Å². The Morgan fingerprint density at radius 2 is 2.29 bits per heavy atom. The Kier molecular flexibility index (Phi) is 2.43. The molecule has 0 radical (unpaired) electrons. The number of hydrogen-bond acceptors (Lipinski definition) is 3. The first kappa shape index (κ1) is 10.8. The van der Waals surface area contributed by atoms with Gasteiger partial charge >= 0.3 is 5.97 Å². The number of methoxy groups -OCH3 is 1. The van der Waals surface area contributed by atoms with Crippen LogP contribution in [0.5, 0.6) is 0 Å². The van der Waals surface area contributed by atoms with Gasteiger partial charge in [0.2, 0.25) is 0 Å². The first-order chi connectivity index (χ1) is 8.19. The van der Waals surface area contributed by atoms with Crippen LogP contribution in [-0.4, -0.2) is 22.5 Å². The molecule has 2 heterocycles. The van der Waals surface area contributed by atoms with Gasteiger partial charge in [0.05, 0.1) is 18.3 Å². The van der Waals surface area contributed by atoms with Gasteiger partial charge in [0, 0.05) is 22.8 Å². The van der Waals surface area contributed by atoms with Gasteiger partial charge in [0.15, 0.2) is 5.69 Å². The van der Waals surface area contributed by atoms with Crippen LogP contribution in [0.2, 0.25) is 0 Å². The molecule has 1 fully saturated rings. The largest absolute Gasteiger partial charge is 0.464 e. The fourth-order valence-corrected chi connectivity index (χ4v) is 2.36. The number of esters is 1. The molecule has 1 saturated carbocycles. The molecular formula is C12H11BrN2O2. The predicted octanol–water partition coefficient (Wildman–Crippen LogP) is 2.76. The van der Waals surface area contributed by atoms with E-state index in [4.69, 9.17) is 4.74 Å². The van der Waals surface area contributed by atoms with E-state index in [1.165, 1.54) is 7.11 Å². The van der Waals surface area contributed by atoms with Crippen LogP contribution in [0, 0.1) is 0 Å². The first-order valence-corrected chi connectivity index (χ1v) is 6.25. The Bertz CT molecular complexity index is 602. The highest BCUT2D eigenvalue weighted by Crippen LogP contribution is 2.39. The number of halogens is 1. The molecule has 17 heavy (non-hydrogen) atoms. The fraction of sp³-hybridized carbons (Fsp3) is 0.333. The van der Waals surface area contributed by atoms with Crippen molar-refractivity contribution in [1.29, 1.82) is 0 Å². The molecule has 0 unspecified atom stereocenters. The van der Waals surface area contributed by atoms with Crippen LogP contribution in [0.4, 0.5) is 0 Å². The summed E-state index contributed by atoms with van der Waals surface area (Å²) in [5.74, 6) is 0.118. The maximum absolute atomic E-state index is 11.7. The van der Waals surface area contributed by atoms with E-state index in [1.807, 2.05) is 22.9 Å². The van der Waals surface area contributed by atoms with Gasteiger partial charge in [-0.25, -0.2) is 9.78 Å². The summed E-state index contributed by atoms with van der Waals surface area (Å²) < 4.78 is 7.63. The highest BCUT2D eigenvalue weighted by Gasteiger charge is 2.27. The van der Waals surface area contributed by atoms with Crippen molar-refractivity contribution in [2.45, 2.75) is 18.8 Å². The Morgan fingerprint density at radius 1 is 1.53 bits per heavy atom. The molecule has 4 nitrogen and oxygen atoms in total. The lowest BCUT2D eigenvalue weighted by molar-refractivity contribution is 0.0595. The van der Waals surface area contributed by atoms with Gasteiger partial charge in [-0.05, 0) is 34.8 Å². The van der Waals surface area contributed by atoms with Crippen molar-refractivity contribution in [3.05, 3.63) is 34.3 Å². The summed E-state index contributed by atoms with van der Waals surface area (Å²) in [7, 11) is 1.38. The van der Waals surface area contributed by atoms with Gasteiger partial charge in [-0.15, -0.1) is 0 Å². The van der Waals surface area contributed by atoms with Crippen LogP contribution < -0.4 is 0 Å². The molecule has 5 heteroatoms. The SMILES string of the molecule is COC(=O)c1nc(C2CC2)cn2cc(Br)cc12. The zero-order chi connectivity index (χ0) is 12.0. The minimum atomic E-state index is -0.386. The normalized spacial score (nSPS) is 15.2. The third kappa shape index (κ3) is 1.84. The topological polar surface area (TPSA) is 43.6 Å². The number of carbonyl (C=O) groups is 1. The lowest BCUT2D eigenvalue weighted by Gasteiger charge is -2.05. The van der Waals surface area contributed by atoms with Crippen LogP contribution in [-0.2, 0) is 4.74 Å². The van der Waals surface area contributed by atoms with Crippen molar-refractivity contribution in [3.63, 3.8) is 0 Å². The minimum absolute atomic E-state index is 0.386. The van der Waals surface area contributed by atoms with E-state index in [0.29, 0.717) is 11.6 Å². The molecular weight excluding hydrogens is 284 g/mol. The average Bonchev–Trinajstić information content (AvgIpc) is 3.09. The number of rotatable bonds is 2. The Balaban J connectivity index is 2.24. The van der Waals surface area contributed by atoms with Crippen molar-refractivity contribution in [2.75, 3.05) is 7.11 Å². The monoisotopic (exact) mass is 294 g/mol. The van der Waals surface area contributed by atoms with Gasteiger partial charge in [-0.3, -0.25) is 0 Å². The van der Waals surface area contributed by atoms with Crippen LogP contribution in [0.3, 0.4) is 0 Å². The first-order valence-electron chi connectivity index (χ1n) is 5.45. The highest BCUT2D eigenvalue weighted by molar-refractivity contribution is 9.10. The zero-order valence-corrected chi connectivity index (χ0v) is 10.9. The summed E-state index contributed by atoms with van der Waals surface area (Å²) in [5, 5.41) is 0. The minimum Gasteiger partial charge on any atom is -0.464 e. The molecule has 2 aromatic rings. The van der Waals surface area contributed by atoms with E-state index in [1.54, 1.807) is 0 Å². The lowest BCUT2D eigenvalue weighted by atomic mass is 10.2. The van der Waals surface area contributed by atoms with Crippen molar-refractivity contribution in [2.24, 2.45) is 0 Å². The molecule has 0 aliphatic heterocycles. The van der Waals surface area contributed by atoms with E-state index >= 15 is 0 Å². The van der Waals surface area contributed by atoms with Gasteiger partial charge in [-0.1, -0.05) is 0 Å². The lowest BCUT2D eigenvalue weighted by Crippen LogP contribution is -2.08.